The molecule has 4 N–H and O–H groups in total. The third-order valence-electron chi connectivity index (χ3n) is 4.37. The molecule has 0 bridgehead atoms. The SMILES string of the molecule is CC1CCc2c(sc(NC(=O)CSc3n[nH]c(C(C)C)n3)c2C(N)=O)C1. The monoisotopic (exact) mass is 393 g/mol. The number of hydrogen-bond donors (Lipinski definition) is 3. The van der Waals surface area contributed by atoms with Gasteiger partial charge in [0, 0.05) is 10.8 Å². The number of anilines is 1. The van der Waals surface area contributed by atoms with Gasteiger partial charge in [0.15, 0.2) is 0 Å². The molecule has 1 atom stereocenters. The first kappa shape index (κ1) is 18.9. The van der Waals surface area contributed by atoms with Crippen LogP contribution in [0.3, 0.4) is 0 Å². The summed E-state index contributed by atoms with van der Waals surface area (Å²) >= 11 is 2.73. The number of fused-ring (bicyclic) bond motifs is 1. The number of H-pyrrole nitrogens is 1. The predicted octanol–water partition coefficient (Wildman–Crippen LogP) is 2.94. The van der Waals surface area contributed by atoms with E-state index in [1.165, 1.54) is 23.1 Å². The van der Waals surface area contributed by atoms with Crippen LogP contribution < -0.4 is 11.1 Å². The molecule has 0 spiro atoms. The Kier molecular flexibility index (Phi) is 5.67. The van der Waals surface area contributed by atoms with Crippen LogP contribution in [0.15, 0.2) is 5.16 Å². The lowest BCUT2D eigenvalue weighted by atomic mass is 9.88. The molecule has 140 valence electrons. The zero-order valence-corrected chi connectivity index (χ0v) is 16.7. The number of carbonyl (C=O) groups is 2. The molecule has 2 heterocycles. The molecule has 0 aromatic carbocycles. The van der Waals surface area contributed by atoms with Crippen LogP contribution in [0.25, 0.3) is 0 Å². The van der Waals surface area contributed by atoms with E-state index in [2.05, 4.69) is 27.4 Å². The predicted molar refractivity (Wildman–Crippen MR) is 104 cm³/mol. The standard InChI is InChI=1S/C17H23N5O2S2/c1-8(2)15-20-17(22-21-15)25-7-12(23)19-16-13(14(18)24)10-5-4-9(3)6-11(10)26-16/h8-9H,4-7H2,1-3H3,(H2,18,24)(H,19,23)(H,20,21,22). The van der Waals surface area contributed by atoms with Crippen molar-refractivity contribution in [1.82, 2.24) is 15.2 Å². The van der Waals surface area contributed by atoms with Gasteiger partial charge in [0.2, 0.25) is 11.1 Å². The Balaban J connectivity index is 1.68. The lowest BCUT2D eigenvalue weighted by molar-refractivity contribution is -0.113. The van der Waals surface area contributed by atoms with Crippen molar-refractivity contribution in [2.24, 2.45) is 11.7 Å². The van der Waals surface area contributed by atoms with Crippen LogP contribution in [-0.4, -0.2) is 32.7 Å². The number of nitrogens with two attached hydrogens (primary N) is 1. The summed E-state index contributed by atoms with van der Waals surface area (Å²) in [6.07, 6.45) is 2.81. The van der Waals surface area contributed by atoms with E-state index >= 15 is 0 Å². The molecule has 2 aromatic heterocycles. The van der Waals surface area contributed by atoms with E-state index in [0.717, 1.165) is 35.5 Å². The summed E-state index contributed by atoms with van der Waals surface area (Å²) in [5, 5.41) is 10.9. The van der Waals surface area contributed by atoms with E-state index in [1.54, 1.807) is 0 Å². The number of carbonyl (C=O) groups excluding carboxylic acids is 2. The van der Waals surface area contributed by atoms with Gasteiger partial charge in [-0.05, 0) is 30.7 Å². The molecule has 3 rings (SSSR count). The highest BCUT2D eigenvalue weighted by Crippen LogP contribution is 2.39. The van der Waals surface area contributed by atoms with Gasteiger partial charge in [0.1, 0.15) is 10.8 Å². The summed E-state index contributed by atoms with van der Waals surface area (Å²) in [6, 6.07) is 0. The Morgan fingerprint density at radius 3 is 2.88 bits per heavy atom. The van der Waals surface area contributed by atoms with Crippen LogP contribution >= 0.6 is 23.1 Å². The number of nitrogens with zero attached hydrogens (tertiary/aromatic N) is 2. The van der Waals surface area contributed by atoms with Gasteiger partial charge in [0.25, 0.3) is 5.91 Å². The molecule has 9 heteroatoms. The van der Waals surface area contributed by atoms with Gasteiger partial charge < -0.3 is 11.1 Å². The molecule has 26 heavy (non-hydrogen) atoms. The highest BCUT2D eigenvalue weighted by molar-refractivity contribution is 7.99. The fraction of sp³-hybridized carbons (Fsp3) is 0.529. The molecule has 7 nitrogen and oxygen atoms in total. The van der Waals surface area contributed by atoms with Gasteiger partial charge in [0.05, 0.1) is 11.3 Å². The summed E-state index contributed by atoms with van der Waals surface area (Å²) < 4.78 is 0. The summed E-state index contributed by atoms with van der Waals surface area (Å²) in [5.41, 5.74) is 7.07. The number of primary amides is 1. The third-order valence-corrected chi connectivity index (χ3v) is 6.39. The Morgan fingerprint density at radius 1 is 1.46 bits per heavy atom. The molecule has 0 saturated carbocycles. The summed E-state index contributed by atoms with van der Waals surface area (Å²) in [7, 11) is 0. The third kappa shape index (κ3) is 4.09. The fourth-order valence-corrected chi connectivity index (χ4v) is 5.01. The lowest BCUT2D eigenvalue weighted by Gasteiger charge is -2.18. The van der Waals surface area contributed by atoms with Crippen molar-refractivity contribution >= 4 is 39.9 Å². The molecular weight excluding hydrogens is 370 g/mol. The topological polar surface area (TPSA) is 114 Å². The van der Waals surface area contributed by atoms with Gasteiger partial charge in [-0.2, -0.15) is 0 Å². The van der Waals surface area contributed by atoms with Crippen molar-refractivity contribution in [3.05, 3.63) is 21.8 Å². The largest absolute Gasteiger partial charge is 0.365 e. The summed E-state index contributed by atoms with van der Waals surface area (Å²) in [5.74, 6) is 1.14. The highest BCUT2D eigenvalue weighted by atomic mass is 32.2. The van der Waals surface area contributed by atoms with Crippen LogP contribution in [-0.2, 0) is 17.6 Å². The molecule has 2 aromatic rings. The first-order chi connectivity index (χ1) is 12.3. The van der Waals surface area contributed by atoms with Gasteiger partial charge in [-0.1, -0.05) is 32.5 Å². The normalized spacial score (nSPS) is 16.5. The second-order valence-corrected chi connectivity index (χ2v) is 8.96. The Labute approximate surface area is 160 Å². The van der Waals surface area contributed by atoms with Crippen LogP contribution in [0.5, 0.6) is 0 Å². The van der Waals surface area contributed by atoms with E-state index in [4.69, 9.17) is 5.73 Å². The number of nitrogens with one attached hydrogen (secondary N) is 2. The molecule has 1 aliphatic rings. The maximum absolute atomic E-state index is 12.3. The molecular formula is C17H23N5O2S2. The summed E-state index contributed by atoms with van der Waals surface area (Å²) in [4.78, 5) is 29.8. The number of thiophene rings is 1. The Hall–Kier alpha value is -1.87. The van der Waals surface area contributed by atoms with Crippen molar-refractivity contribution < 1.29 is 9.59 Å². The second-order valence-electron chi connectivity index (χ2n) is 6.91. The van der Waals surface area contributed by atoms with Crippen molar-refractivity contribution in [2.75, 3.05) is 11.1 Å². The molecule has 0 fully saturated rings. The van der Waals surface area contributed by atoms with Crippen molar-refractivity contribution in [3.8, 4) is 0 Å². The number of amides is 2. The molecule has 0 saturated heterocycles. The van der Waals surface area contributed by atoms with Gasteiger partial charge >= 0.3 is 0 Å². The summed E-state index contributed by atoms with van der Waals surface area (Å²) in [6.45, 7) is 6.24. The number of aromatic amines is 1. The first-order valence-electron chi connectivity index (χ1n) is 8.64. The quantitative estimate of drug-likeness (QED) is 0.653. The van der Waals surface area contributed by atoms with Crippen molar-refractivity contribution in [2.45, 2.75) is 51.1 Å². The maximum atomic E-state index is 12.3. The average molecular weight is 394 g/mol. The Bertz CT molecular complexity index is 827. The minimum Gasteiger partial charge on any atom is -0.365 e. The molecule has 2 amide bonds. The van der Waals surface area contributed by atoms with Crippen molar-refractivity contribution in [1.29, 1.82) is 0 Å². The first-order valence-corrected chi connectivity index (χ1v) is 10.4. The number of rotatable bonds is 6. The maximum Gasteiger partial charge on any atom is 0.251 e. The van der Waals surface area contributed by atoms with Crippen LogP contribution in [0.4, 0.5) is 5.00 Å². The molecule has 0 aliphatic heterocycles. The molecule has 0 radical (unpaired) electrons. The van der Waals surface area contributed by atoms with E-state index in [9.17, 15) is 9.59 Å². The molecule has 1 unspecified atom stereocenters. The minimum atomic E-state index is -0.476. The molecule has 1 aliphatic carbocycles. The Morgan fingerprint density at radius 2 is 2.23 bits per heavy atom. The lowest BCUT2D eigenvalue weighted by Crippen LogP contribution is -2.20. The second kappa shape index (κ2) is 7.79. The average Bonchev–Trinajstić information content (AvgIpc) is 3.16. The van der Waals surface area contributed by atoms with E-state index in [1.807, 2.05) is 13.8 Å². The fourth-order valence-electron chi connectivity index (χ4n) is 2.97. The van der Waals surface area contributed by atoms with E-state index < -0.39 is 5.91 Å². The van der Waals surface area contributed by atoms with Gasteiger partial charge in [-0.3, -0.25) is 14.7 Å². The van der Waals surface area contributed by atoms with Crippen LogP contribution in [0, 0.1) is 5.92 Å². The number of thioether (sulfide) groups is 1. The van der Waals surface area contributed by atoms with E-state index in [-0.39, 0.29) is 17.6 Å². The van der Waals surface area contributed by atoms with Gasteiger partial charge in [-0.25, -0.2) is 4.98 Å². The number of aromatic nitrogens is 3. The number of hydrogen-bond acceptors (Lipinski definition) is 6. The minimum absolute atomic E-state index is 0.173. The van der Waals surface area contributed by atoms with Crippen molar-refractivity contribution in [3.63, 3.8) is 0 Å². The zero-order valence-electron chi connectivity index (χ0n) is 15.1. The van der Waals surface area contributed by atoms with Gasteiger partial charge in [-0.15, -0.1) is 16.4 Å². The van der Waals surface area contributed by atoms with Crippen LogP contribution in [0.2, 0.25) is 0 Å². The van der Waals surface area contributed by atoms with E-state index in [0.29, 0.717) is 21.6 Å². The van der Waals surface area contributed by atoms with Crippen LogP contribution in [0.1, 0.15) is 59.7 Å². The zero-order chi connectivity index (χ0) is 18.8. The highest BCUT2D eigenvalue weighted by Gasteiger charge is 2.27. The smallest absolute Gasteiger partial charge is 0.251 e.